The Bertz CT molecular complexity index is 530. The fourth-order valence-corrected chi connectivity index (χ4v) is 3.81. The zero-order valence-electron chi connectivity index (χ0n) is 11.2. The van der Waals surface area contributed by atoms with E-state index in [1.807, 2.05) is 12.1 Å². The van der Waals surface area contributed by atoms with Crippen LogP contribution in [0.15, 0.2) is 18.3 Å². The summed E-state index contributed by atoms with van der Waals surface area (Å²) in [5.74, 6) is 1.08. The Morgan fingerprint density at radius 2 is 2.32 bits per heavy atom. The van der Waals surface area contributed by atoms with Crippen molar-refractivity contribution in [2.24, 2.45) is 5.92 Å². The third-order valence-corrected chi connectivity index (χ3v) is 4.54. The number of anilines is 1. The molecule has 0 spiro atoms. The maximum Gasteiger partial charge on any atom is 0.147 e. The van der Waals surface area contributed by atoms with Crippen LogP contribution in [-0.4, -0.2) is 43.4 Å². The van der Waals surface area contributed by atoms with Crippen molar-refractivity contribution in [3.8, 4) is 0 Å². The molecule has 0 amide bonds. The zero-order chi connectivity index (χ0) is 13.9. The van der Waals surface area contributed by atoms with Gasteiger partial charge in [-0.2, -0.15) is 0 Å². The molecule has 1 fully saturated rings. The molecule has 6 heteroatoms. The average molecular weight is 283 g/mol. The molecule has 1 aliphatic heterocycles. The molecule has 0 aromatic carbocycles. The molecular weight excluding hydrogens is 262 g/mol. The van der Waals surface area contributed by atoms with E-state index in [-0.39, 0.29) is 11.7 Å². The molecule has 5 nitrogen and oxygen atoms in total. The summed E-state index contributed by atoms with van der Waals surface area (Å²) in [6.07, 6.45) is 5.03. The average Bonchev–Trinajstić information content (AvgIpc) is 2.30. The number of nitrogen functional groups attached to an aromatic ring is 1. The van der Waals surface area contributed by atoms with E-state index in [4.69, 9.17) is 5.73 Å². The Morgan fingerprint density at radius 1 is 1.53 bits per heavy atom. The van der Waals surface area contributed by atoms with Crippen LogP contribution in [0.3, 0.4) is 0 Å². The van der Waals surface area contributed by atoms with Crippen molar-refractivity contribution in [2.45, 2.75) is 19.4 Å². The molecule has 1 saturated heterocycles. The molecule has 1 atom stereocenters. The highest BCUT2D eigenvalue weighted by Gasteiger charge is 2.23. The van der Waals surface area contributed by atoms with Gasteiger partial charge in [-0.05, 0) is 31.4 Å². The second kappa shape index (κ2) is 5.88. The highest BCUT2D eigenvalue weighted by molar-refractivity contribution is 7.90. The lowest BCUT2D eigenvalue weighted by atomic mass is 9.99. The van der Waals surface area contributed by atoms with Crippen LogP contribution in [0.5, 0.6) is 0 Å². The molecule has 0 radical (unpaired) electrons. The molecule has 1 aromatic heterocycles. The van der Waals surface area contributed by atoms with E-state index in [1.165, 1.54) is 6.26 Å². The highest BCUT2D eigenvalue weighted by Crippen LogP contribution is 2.21. The van der Waals surface area contributed by atoms with Gasteiger partial charge in [-0.15, -0.1) is 0 Å². The molecular formula is C13H21N3O2S. The first-order valence-electron chi connectivity index (χ1n) is 6.53. The molecule has 1 aromatic rings. The van der Waals surface area contributed by atoms with Crippen LogP contribution in [0.2, 0.25) is 0 Å². The van der Waals surface area contributed by atoms with Gasteiger partial charge >= 0.3 is 0 Å². The topological polar surface area (TPSA) is 76.3 Å². The summed E-state index contributed by atoms with van der Waals surface area (Å²) >= 11 is 0. The quantitative estimate of drug-likeness (QED) is 0.889. The Labute approximate surface area is 114 Å². The van der Waals surface area contributed by atoms with Crippen molar-refractivity contribution in [1.82, 2.24) is 9.88 Å². The zero-order valence-corrected chi connectivity index (χ0v) is 12.1. The van der Waals surface area contributed by atoms with Crippen LogP contribution in [0.25, 0.3) is 0 Å². The van der Waals surface area contributed by atoms with Crippen LogP contribution in [-0.2, 0) is 16.4 Å². The monoisotopic (exact) mass is 283 g/mol. The number of piperidine rings is 1. The van der Waals surface area contributed by atoms with Crippen molar-refractivity contribution in [2.75, 3.05) is 30.8 Å². The second-order valence-electron chi connectivity index (χ2n) is 5.38. The largest absolute Gasteiger partial charge is 0.383 e. The summed E-state index contributed by atoms with van der Waals surface area (Å²) in [5.41, 5.74) is 6.86. The number of rotatable bonds is 4. The molecule has 106 valence electrons. The van der Waals surface area contributed by atoms with Gasteiger partial charge in [0.05, 0.1) is 5.75 Å². The minimum absolute atomic E-state index is 0.238. The lowest BCUT2D eigenvalue weighted by Crippen LogP contribution is -2.37. The van der Waals surface area contributed by atoms with Crippen molar-refractivity contribution in [3.63, 3.8) is 0 Å². The predicted octanol–water partition coefficient (Wildman–Crippen LogP) is 0.920. The van der Waals surface area contributed by atoms with Gasteiger partial charge in [-0.1, -0.05) is 6.07 Å². The maximum absolute atomic E-state index is 11.4. The molecule has 1 aliphatic rings. The lowest BCUT2D eigenvalue weighted by molar-refractivity contribution is 0.178. The summed E-state index contributed by atoms with van der Waals surface area (Å²) in [6, 6.07) is 3.85. The fourth-order valence-electron chi connectivity index (χ4n) is 2.68. The SMILES string of the molecule is CS(=O)(=O)CC1CCCN(Cc2cccnc2N)C1. The van der Waals surface area contributed by atoms with Crippen LogP contribution < -0.4 is 5.73 Å². The van der Waals surface area contributed by atoms with E-state index < -0.39 is 9.84 Å². The van der Waals surface area contributed by atoms with Gasteiger partial charge < -0.3 is 5.73 Å². The van der Waals surface area contributed by atoms with Gasteiger partial charge in [0.2, 0.25) is 0 Å². The fraction of sp³-hybridized carbons (Fsp3) is 0.615. The molecule has 19 heavy (non-hydrogen) atoms. The Hall–Kier alpha value is -1.14. The summed E-state index contributed by atoms with van der Waals surface area (Å²) in [6.45, 7) is 2.57. The molecule has 0 saturated carbocycles. The Balaban J connectivity index is 1.96. The maximum atomic E-state index is 11.4. The van der Waals surface area contributed by atoms with Crippen molar-refractivity contribution < 1.29 is 8.42 Å². The number of aromatic nitrogens is 1. The number of hydrogen-bond acceptors (Lipinski definition) is 5. The third-order valence-electron chi connectivity index (χ3n) is 3.46. The van der Waals surface area contributed by atoms with E-state index in [9.17, 15) is 8.42 Å². The number of nitrogens with zero attached hydrogens (tertiary/aromatic N) is 2. The predicted molar refractivity (Wildman–Crippen MR) is 76.4 cm³/mol. The van der Waals surface area contributed by atoms with Crippen molar-refractivity contribution in [3.05, 3.63) is 23.9 Å². The van der Waals surface area contributed by atoms with Crippen molar-refractivity contribution in [1.29, 1.82) is 0 Å². The number of hydrogen-bond donors (Lipinski definition) is 1. The first kappa shape index (κ1) is 14.3. The van der Waals surface area contributed by atoms with Gasteiger partial charge in [-0.3, -0.25) is 4.90 Å². The van der Waals surface area contributed by atoms with Crippen LogP contribution >= 0.6 is 0 Å². The van der Waals surface area contributed by atoms with Crippen LogP contribution in [0, 0.1) is 5.92 Å². The van der Waals surface area contributed by atoms with E-state index in [1.54, 1.807) is 6.20 Å². The molecule has 0 bridgehead atoms. The minimum Gasteiger partial charge on any atom is -0.383 e. The van der Waals surface area contributed by atoms with Gasteiger partial charge in [0.15, 0.2) is 0 Å². The smallest absolute Gasteiger partial charge is 0.147 e. The van der Waals surface area contributed by atoms with E-state index in [0.29, 0.717) is 5.82 Å². The number of pyridine rings is 1. The standard InChI is InChI=1S/C13H21N3O2S/c1-19(17,18)10-11-4-3-7-16(8-11)9-12-5-2-6-15-13(12)14/h2,5-6,11H,3-4,7-10H2,1H3,(H2,14,15). The number of likely N-dealkylation sites (tertiary alicyclic amines) is 1. The minimum atomic E-state index is -2.89. The lowest BCUT2D eigenvalue weighted by Gasteiger charge is -2.32. The molecule has 2 rings (SSSR count). The first-order valence-corrected chi connectivity index (χ1v) is 8.59. The normalized spacial score (nSPS) is 21.4. The molecule has 2 N–H and O–H groups in total. The van der Waals surface area contributed by atoms with Gasteiger partial charge in [0.25, 0.3) is 0 Å². The van der Waals surface area contributed by atoms with Gasteiger partial charge in [0.1, 0.15) is 15.7 Å². The van der Waals surface area contributed by atoms with E-state index in [0.717, 1.165) is 38.0 Å². The summed E-state index contributed by atoms with van der Waals surface area (Å²) in [5, 5.41) is 0. The molecule has 2 heterocycles. The number of sulfone groups is 1. The Kier molecular flexibility index (Phi) is 4.42. The Morgan fingerprint density at radius 3 is 3.00 bits per heavy atom. The van der Waals surface area contributed by atoms with E-state index in [2.05, 4.69) is 9.88 Å². The summed E-state index contributed by atoms with van der Waals surface area (Å²) in [4.78, 5) is 6.35. The van der Waals surface area contributed by atoms with Crippen molar-refractivity contribution >= 4 is 15.7 Å². The van der Waals surface area contributed by atoms with Crippen LogP contribution in [0.4, 0.5) is 5.82 Å². The van der Waals surface area contributed by atoms with Crippen LogP contribution in [0.1, 0.15) is 18.4 Å². The third kappa shape index (κ3) is 4.47. The van der Waals surface area contributed by atoms with E-state index >= 15 is 0 Å². The molecule has 1 unspecified atom stereocenters. The van der Waals surface area contributed by atoms with Gasteiger partial charge in [-0.25, -0.2) is 13.4 Å². The number of nitrogens with two attached hydrogens (primary N) is 1. The first-order chi connectivity index (χ1) is 8.94. The second-order valence-corrected chi connectivity index (χ2v) is 7.57. The summed E-state index contributed by atoms with van der Waals surface area (Å²) < 4.78 is 22.7. The molecule has 0 aliphatic carbocycles. The van der Waals surface area contributed by atoms with Gasteiger partial charge in [0, 0.05) is 31.1 Å². The highest BCUT2D eigenvalue weighted by atomic mass is 32.2. The summed E-state index contributed by atoms with van der Waals surface area (Å²) in [7, 11) is -2.89.